The molecule has 2 N–H and O–H groups in total. The molecule has 0 fully saturated rings. The lowest BCUT2D eigenvalue weighted by Crippen LogP contribution is -2.43. The SMILES string of the molecule is Cn1cc(C(=O)NC(C)(C)CCO)cn1. The van der Waals surface area contributed by atoms with Crippen molar-refractivity contribution in [2.45, 2.75) is 25.8 Å². The summed E-state index contributed by atoms with van der Waals surface area (Å²) in [7, 11) is 1.76. The van der Waals surface area contributed by atoms with Gasteiger partial charge in [0.15, 0.2) is 0 Å². The van der Waals surface area contributed by atoms with E-state index in [1.165, 1.54) is 6.20 Å². The molecule has 0 bridgehead atoms. The van der Waals surface area contributed by atoms with E-state index in [2.05, 4.69) is 10.4 Å². The molecule has 1 aromatic heterocycles. The fourth-order valence-corrected chi connectivity index (χ4v) is 1.26. The van der Waals surface area contributed by atoms with E-state index in [0.717, 1.165) is 0 Å². The standard InChI is InChI=1S/C10H17N3O2/c1-10(2,4-5-14)12-9(15)8-6-11-13(3)7-8/h6-7,14H,4-5H2,1-3H3,(H,12,15). The predicted octanol–water partition coefficient (Wildman–Crippen LogP) is 0.311. The zero-order valence-corrected chi connectivity index (χ0v) is 9.32. The van der Waals surface area contributed by atoms with Crippen LogP contribution in [-0.2, 0) is 7.05 Å². The first kappa shape index (κ1) is 11.7. The third kappa shape index (κ3) is 3.36. The van der Waals surface area contributed by atoms with Crippen LogP contribution in [0.5, 0.6) is 0 Å². The summed E-state index contributed by atoms with van der Waals surface area (Å²) >= 11 is 0. The summed E-state index contributed by atoms with van der Waals surface area (Å²) in [6.45, 7) is 3.80. The minimum atomic E-state index is -0.401. The highest BCUT2D eigenvalue weighted by atomic mass is 16.3. The largest absolute Gasteiger partial charge is 0.396 e. The van der Waals surface area contributed by atoms with Crippen LogP contribution in [0.2, 0.25) is 0 Å². The number of aromatic nitrogens is 2. The summed E-state index contributed by atoms with van der Waals surface area (Å²) in [5, 5.41) is 15.6. The smallest absolute Gasteiger partial charge is 0.254 e. The molecule has 15 heavy (non-hydrogen) atoms. The third-order valence-corrected chi connectivity index (χ3v) is 2.16. The number of nitrogens with zero attached hydrogens (tertiary/aromatic N) is 2. The molecular formula is C10H17N3O2. The van der Waals surface area contributed by atoms with Gasteiger partial charge in [0.25, 0.3) is 5.91 Å². The van der Waals surface area contributed by atoms with Gasteiger partial charge in [0, 0.05) is 25.4 Å². The lowest BCUT2D eigenvalue weighted by atomic mass is 10.0. The van der Waals surface area contributed by atoms with Crippen molar-refractivity contribution >= 4 is 5.91 Å². The number of aliphatic hydroxyl groups is 1. The minimum Gasteiger partial charge on any atom is -0.396 e. The van der Waals surface area contributed by atoms with Crippen LogP contribution in [0.3, 0.4) is 0 Å². The van der Waals surface area contributed by atoms with Crippen molar-refractivity contribution in [2.24, 2.45) is 7.05 Å². The van der Waals surface area contributed by atoms with E-state index in [4.69, 9.17) is 5.11 Å². The zero-order chi connectivity index (χ0) is 11.5. The first-order valence-electron chi connectivity index (χ1n) is 4.86. The van der Waals surface area contributed by atoms with Gasteiger partial charge in [-0.05, 0) is 20.3 Å². The minimum absolute atomic E-state index is 0.0559. The van der Waals surface area contributed by atoms with E-state index in [0.29, 0.717) is 12.0 Å². The van der Waals surface area contributed by atoms with Crippen molar-refractivity contribution in [3.63, 3.8) is 0 Å². The molecule has 0 radical (unpaired) electrons. The average molecular weight is 211 g/mol. The van der Waals surface area contributed by atoms with E-state index in [-0.39, 0.29) is 12.5 Å². The van der Waals surface area contributed by atoms with Crippen molar-refractivity contribution in [3.05, 3.63) is 18.0 Å². The third-order valence-electron chi connectivity index (χ3n) is 2.16. The Morgan fingerprint density at radius 1 is 1.67 bits per heavy atom. The number of aliphatic hydroxyl groups excluding tert-OH is 1. The van der Waals surface area contributed by atoms with Gasteiger partial charge in [-0.1, -0.05) is 0 Å². The molecule has 0 saturated heterocycles. The molecule has 1 rings (SSSR count). The van der Waals surface area contributed by atoms with Crippen molar-refractivity contribution < 1.29 is 9.90 Å². The number of rotatable bonds is 4. The quantitative estimate of drug-likeness (QED) is 0.753. The maximum atomic E-state index is 11.7. The molecule has 0 unspecified atom stereocenters. The van der Waals surface area contributed by atoms with E-state index in [1.807, 2.05) is 13.8 Å². The summed E-state index contributed by atoms with van der Waals surface area (Å²) in [5.74, 6) is -0.165. The van der Waals surface area contributed by atoms with Gasteiger partial charge in [-0.3, -0.25) is 9.48 Å². The molecule has 5 heteroatoms. The fourth-order valence-electron chi connectivity index (χ4n) is 1.26. The average Bonchev–Trinajstić information content (AvgIpc) is 2.50. The Bertz CT molecular complexity index is 344. The Morgan fingerprint density at radius 2 is 2.33 bits per heavy atom. The Balaban J connectivity index is 2.63. The van der Waals surface area contributed by atoms with Gasteiger partial charge in [-0.15, -0.1) is 0 Å². The first-order valence-corrected chi connectivity index (χ1v) is 4.86. The second kappa shape index (κ2) is 4.44. The normalized spacial score (nSPS) is 11.5. The maximum absolute atomic E-state index is 11.7. The second-order valence-corrected chi connectivity index (χ2v) is 4.21. The summed E-state index contributed by atoms with van der Waals surface area (Å²) in [6, 6.07) is 0. The van der Waals surface area contributed by atoms with Crippen LogP contribution in [0.1, 0.15) is 30.6 Å². The number of aryl methyl sites for hydroxylation is 1. The van der Waals surface area contributed by atoms with Crippen LogP contribution in [0.15, 0.2) is 12.4 Å². The number of carbonyl (C=O) groups is 1. The molecular weight excluding hydrogens is 194 g/mol. The topological polar surface area (TPSA) is 67.2 Å². The molecule has 0 aromatic carbocycles. The monoisotopic (exact) mass is 211 g/mol. The lowest BCUT2D eigenvalue weighted by Gasteiger charge is -2.24. The molecule has 1 heterocycles. The van der Waals surface area contributed by atoms with E-state index >= 15 is 0 Å². The molecule has 0 atom stereocenters. The molecule has 0 spiro atoms. The van der Waals surface area contributed by atoms with Crippen LogP contribution < -0.4 is 5.32 Å². The first-order chi connectivity index (χ1) is 6.94. The molecule has 0 aliphatic rings. The number of nitrogens with one attached hydrogen (secondary N) is 1. The van der Waals surface area contributed by atoms with Gasteiger partial charge >= 0.3 is 0 Å². The molecule has 0 aliphatic heterocycles. The number of amides is 1. The second-order valence-electron chi connectivity index (χ2n) is 4.21. The van der Waals surface area contributed by atoms with Gasteiger partial charge in [0.2, 0.25) is 0 Å². The number of hydrogen-bond donors (Lipinski definition) is 2. The molecule has 84 valence electrons. The van der Waals surface area contributed by atoms with Crippen molar-refractivity contribution in [3.8, 4) is 0 Å². The molecule has 5 nitrogen and oxygen atoms in total. The summed E-state index contributed by atoms with van der Waals surface area (Å²) < 4.78 is 1.58. The van der Waals surface area contributed by atoms with Crippen molar-refractivity contribution in [1.29, 1.82) is 0 Å². The summed E-state index contributed by atoms with van der Waals surface area (Å²) in [6.07, 6.45) is 3.70. The molecule has 1 aromatic rings. The summed E-state index contributed by atoms with van der Waals surface area (Å²) in [5.41, 5.74) is 0.130. The van der Waals surface area contributed by atoms with Crippen LogP contribution in [0.4, 0.5) is 0 Å². The van der Waals surface area contributed by atoms with Gasteiger partial charge in [-0.2, -0.15) is 5.10 Å². The molecule has 1 amide bonds. The number of carbonyl (C=O) groups excluding carboxylic acids is 1. The van der Waals surface area contributed by atoms with Gasteiger partial charge < -0.3 is 10.4 Å². The van der Waals surface area contributed by atoms with Crippen molar-refractivity contribution in [1.82, 2.24) is 15.1 Å². The Labute approximate surface area is 89.1 Å². The highest BCUT2D eigenvalue weighted by molar-refractivity contribution is 5.94. The molecule has 0 saturated carbocycles. The van der Waals surface area contributed by atoms with Crippen LogP contribution in [-0.4, -0.2) is 32.9 Å². The highest BCUT2D eigenvalue weighted by Gasteiger charge is 2.20. The Hall–Kier alpha value is -1.36. The maximum Gasteiger partial charge on any atom is 0.254 e. The van der Waals surface area contributed by atoms with Gasteiger partial charge in [0.05, 0.1) is 11.8 Å². The molecule has 0 aliphatic carbocycles. The van der Waals surface area contributed by atoms with Crippen LogP contribution in [0, 0.1) is 0 Å². The zero-order valence-electron chi connectivity index (χ0n) is 9.32. The lowest BCUT2D eigenvalue weighted by molar-refractivity contribution is 0.0899. The van der Waals surface area contributed by atoms with E-state index in [1.54, 1.807) is 17.9 Å². The van der Waals surface area contributed by atoms with Gasteiger partial charge in [0.1, 0.15) is 0 Å². The Morgan fingerprint density at radius 3 is 2.80 bits per heavy atom. The van der Waals surface area contributed by atoms with E-state index < -0.39 is 5.54 Å². The van der Waals surface area contributed by atoms with Crippen LogP contribution in [0.25, 0.3) is 0 Å². The van der Waals surface area contributed by atoms with Crippen LogP contribution >= 0.6 is 0 Å². The fraction of sp³-hybridized carbons (Fsp3) is 0.600. The van der Waals surface area contributed by atoms with Crippen molar-refractivity contribution in [2.75, 3.05) is 6.61 Å². The van der Waals surface area contributed by atoms with E-state index in [9.17, 15) is 4.79 Å². The highest BCUT2D eigenvalue weighted by Crippen LogP contribution is 2.09. The van der Waals surface area contributed by atoms with Gasteiger partial charge in [-0.25, -0.2) is 0 Å². The Kier molecular flexibility index (Phi) is 3.47. The number of hydrogen-bond acceptors (Lipinski definition) is 3. The predicted molar refractivity (Wildman–Crippen MR) is 56.5 cm³/mol. The summed E-state index contributed by atoms with van der Waals surface area (Å²) in [4.78, 5) is 11.7.